The van der Waals surface area contributed by atoms with Crippen molar-refractivity contribution in [1.29, 1.82) is 0 Å². The van der Waals surface area contributed by atoms with Gasteiger partial charge in [-0.3, -0.25) is 4.79 Å². The summed E-state index contributed by atoms with van der Waals surface area (Å²) in [5.41, 5.74) is 0.264. The van der Waals surface area contributed by atoms with Gasteiger partial charge >= 0.3 is 6.61 Å². The molecule has 0 atom stereocenters. The molecule has 116 valence electrons. The van der Waals surface area contributed by atoms with Crippen LogP contribution in [-0.2, 0) is 0 Å². The highest BCUT2D eigenvalue weighted by Crippen LogP contribution is 2.25. The minimum Gasteiger partial charge on any atom is -0.484 e. The second-order valence-corrected chi connectivity index (χ2v) is 4.60. The fraction of sp³-hybridized carbons (Fsp3) is 0.133. The topological polar surface area (TPSA) is 35.5 Å². The number of ether oxygens (including phenoxy) is 2. The van der Waals surface area contributed by atoms with Gasteiger partial charge in [-0.1, -0.05) is 11.6 Å². The minimum atomic E-state index is -2.93. The quantitative estimate of drug-likeness (QED) is 0.739. The van der Waals surface area contributed by atoms with Gasteiger partial charge in [0.05, 0.1) is 5.02 Å². The van der Waals surface area contributed by atoms with Crippen LogP contribution in [-0.4, -0.2) is 19.0 Å². The molecular formula is C15H10ClF3O3. The Hall–Kier alpha value is -2.21. The van der Waals surface area contributed by atoms with E-state index in [1.165, 1.54) is 30.3 Å². The molecule has 0 aromatic heterocycles. The first-order valence-corrected chi connectivity index (χ1v) is 6.49. The van der Waals surface area contributed by atoms with Gasteiger partial charge in [-0.2, -0.15) is 8.78 Å². The van der Waals surface area contributed by atoms with Gasteiger partial charge < -0.3 is 9.47 Å². The van der Waals surface area contributed by atoms with E-state index in [-0.39, 0.29) is 34.5 Å². The number of hydrogen-bond donors (Lipinski definition) is 0. The van der Waals surface area contributed by atoms with E-state index >= 15 is 0 Å². The molecule has 0 aliphatic rings. The van der Waals surface area contributed by atoms with Gasteiger partial charge in [0.2, 0.25) is 0 Å². The van der Waals surface area contributed by atoms with Crippen molar-refractivity contribution in [3.8, 4) is 11.5 Å². The number of benzene rings is 2. The van der Waals surface area contributed by atoms with Crippen LogP contribution in [0.25, 0.3) is 0 Å². The second-order valence-electron chi connectivity index (χ2n) is 4.19. The van der Waals surface area contributed by atoms with Crippen LogP contribution in [0.5, 0.6) is 11.5 Å². The Labute approximate surface area is 129 Å². The summed E-state index contributed by atoms with van der Waals surface area (Å²) in [6.07, 6.45) is 0. The van der Waals surface area contributed by atoms with Crippen molar-refractivity contribution in [3.63, 3.8) is 0 Å². The Morgan fingerprint density at radius 2 is 1.82 bits per heavy atom. The van der Waals surface area contributed by atoms with Crippen molar-refractivity contribution in [2.24, 2.45) is 0 Å². The maximum atomic E-state index is 12.9. The van der Waals surface area contributed by atoms with Crippen LogP contribution in [0.2, 0.25) is 5.02 Å². The third-order valence-corrected chi connectivity index (χ3v) is 2.95. The van der Waals surface area contributed by atoms with Gasteiger partial charge in [0.25, 0.3) is 0 Å². The van der Waals surface area contributed by atoms with E-state index in [0.717, 1.165) is 12.1 Å². The lowest BCUT2D eigenvalue weighted by atomic mass is 10.1. The highest BCUT2D eigenvalue weighted by atomic mass is 35.5. The molecule has 3 nitrogen and oxygen atoms in total. The molecule has 0 heterocycles. The molecule has 0 amide bonds. The van der Waals surface area contributed by atoms with Gasteiger partial charge in [0, 0.05) is 5.56 Å². The van der Waals surface area contributed by atoms with Crippen LogP contribution in [0.3, 0.4) is 0 Å². The van der Waals surface area contributed by atoms with E-state index in [9.17, 15) is 18.0 Å². The predicted octanol–water partition coefficient (Wildman–Crippen LogP) is 4.34. The summed E-state index contributed by atoms with van der Waals surface area (Å²) in [6, 6.07) is 8.73. The minimum absolute atomic E-state index is 0.0472. The fourth-order valence-electron chi connectivity index (χ4n) is 1.64. The van der Waals surface area contributed by atoms with Gasteiger partial charge in [-0.15, -0.1) is 0 Å². The number of carbonyl (C=O) groups excluding carboxylic acids is 1. The van der Waals surface area contributed by atoms with E-state index in [1.54, 1.807) is 0 Å². The molecule has 2 rings (SSSR count). The monoisotopic (exact) mass is 330 g/mol. The lowest BCUT2D eigenvalue weighted by Crippen LogP contribution is -2.12. The molecule has 0 fully saturated rings. The number of carbonyl (C=O) groups is 1. The Balaban J connectivity index is 1.97. The summed E-state index contributed by atoms with van der Waals surface area (Å²) in [4.78, 5) is 11.9. The highest BCUT2D eigenvalue weighted by Gasteiger charge is 2.10. The van der Waals surface area contributed by atoms with E-state index in [0.29, 0.717) is 0 Å². The molecule has 0 unspecified atom stereocenters. The van der Waals surface area contributed by atoms with Gasteiger partial charge in [0.15, 0.2) is 12.4 Å². The lowest BCUT2D eigenvalue weighted by Gasteiger charge is -2.08. The number of halogens is 4. The average Bonchev–Trinajstić information content (AvgIpc) is 2.46. The summed E-state index contributed by atoms with van der Waals surface area (Å²) in [5, 5.41) is 0.0495. The van der Waals surface area contributed by atoms with Crippen LogP contribution in [0.15, 0.2) is 42.5 Å². The molecule has 0 bridgehead atoms. The molecule has 0 aliphatic heterocycles. The molecule has 2 aromatic rings. The molecule has 0 saturated carbocycles. The number of alkyl halides is 2. The lowest BCUT2D eigenvalue weighted by molar-refractivity contribution is -0.0498. The summed E-state index contributed by atoms with van der Waals surface area (Å²) < 4.78 is 46.3. The van der Waals surface area contributed by atoms with Crippen molar-refractivity contribution in [2.75, 3.05) is 6.61 Å². The largest absolute Gasteiger partial charge is 0.484 e. The van der Waals surface area contributed by atoms with E-state index in [2.05, 4.69) is 4.74 Å². The Morgan fingerprint density at radius 1 is 1.14 bits per heavy atom. The van der Waals surface area contributed by atoms with Crippen molar-refractivity contribution < 1.29 is 27.4 Å². The first-order valence-electron chi connectivity index (χ1n) is 6.11. The maximum Gasteiger partial charge on any atom is 0.387 e. The van der Waals surface area contributed by atoms with Gasteiger partial charge in [-0.25, -0.2) is 4.39 Å². The zero-order valence-corrected chi connectivity index (χ0v) is 11.8. The Bertz CT molecular complexity index is 660. The summed E-state index contributed by atoms with van der Waals surface area (Å²) in [7, 11) is 0. The van der Waals surface area contributed by atoms with Crippen molar-refractivity contribution in [2.45, 2.75) is 6.61 Å². The van der Waals surface area contributed by atoms with Crippen molar-refractivity contribution in [3.05, 3.63) is 58.9 Å². The number of ketones is 1. The van der Waals surface area contributed by atoms with Crippen LogP contribution < -0.4 is 9.47 Å². The third-order valence-electron chi connectivity index (χ3n) is 2.65. The molecule has 0 N–H and O–H groups in total. The van der Waals surface area contributed by atoms with E-state index in [1.807, 2.05) is 0 Å². The summed E-state index contributed by atoms with van der Waals surface area (Å²) in [5.74, 6) is -0.773. The summed E-state index contributed by atoms with van der Waals surface area (Å²) in [6.45, 7) is -3.24. The second kappa shape index (κ2) is 7.17. The van der Waals surface area contributed by atoms with Crippen LogP contribution in [0.1, 0.15) is 10.4 Å². The molecular weight excluding hydrogens is 321 g/mol. The van der Waals surface area contributed by atoms with Crippen LogP contribution in [0, 0.1) is 5.82 Å². The van der Waals surface area contributed by atoms with Crippen LogP contribution in [0.4, 0.5) is 13.2 Å². The van der Waals surface area contributed by atoms with Gasteiger partial charge in [-0.05, 0) is 42.5 Å². The molecule has 0 radical (unpaired) electrons. The molecule has 0 saturated heterocycles. The van der Waals surface area contributed by atoms with Gasteiger partial charge in [0.1, 0.15) is 17.3 Å². The average molecular weight is 331 g/mol. The zero-order chi connectivity index (χ0) is 16.1. The molecule has 0 spiro atoms. The van der Waals surface area contributed by atoms with Crippen molar-refractivity contribution >= 4 is 17.4 Å². The zero-order valence-electron chi connectivity index (χ0n) is 11.1. The fourth-order valence-corrected chi connectivity index (χ4v) is 1.86. The third kappa shape index (κ3) is 4.39. The van der Waals surface area contributed by atoms with Crippen LogP contribution >= 0.6 is 11.6 Å². The van der Waals surface area contributed by atoms with E-state index < -0.39 is 12.4 Å². The first kappa shape index (κ1) is 16.2. The summed E-state index contributed by atoms with van der Waals surface area (Å²) >= 11 is 5.76. The Morgan fingerprint density at radius 3 is 2.41 bits per heavy atom. The number of Topliss-reactive ketones (excluding diaryl/α,β-unsaturated/α-hetero) is 1. The molecule has 7 heteroatoms. The predicted molar refractivity (Wildman–Crippen MR) is 74.3 cm³/mol. The normalized spacial score (nSPS) is 10.6. The van der Waals surface area contributed by atoms with Crippen molar-refractivity contribution in [1.82, 2.24) is 0 Å². The smallest absolute Gasteiger partial charge is 0.387 e. The number of hydrogen-bond acceptors (Lipinski definition) is 3. The van der Waals surface area contributed by atoms with E-state index in [4.69, 9.17) is 16.3 Å². The molecule has 2 aromatic carbocycles. The Kier molecular flexibility index (Phi) is 5.27. The molecule has 0 aliphatic carbocycles. The number of rotatable bonds is 6. The SMILES string of the molecule is O=C(COc1ccc(F)cc1Cl)c1ccc(OC(F)F)cc1. The molecule has 22 heavy (non-hydrogen) atoms. The maximum absolute atomic E-state index is 12.9. The first-order chi connectivity index (χ1) is 10.5. The standard InChI is InChI=1S/C15H10ClF3O3/c16-12-7-10(17)3-6-14(12)21-8-13(20)9-1-4-11(5-2-9)22-15(18)19/h1-7,15H,8H2. The highest BCUT2D eigenvalue weighted by molar-refractivity contribution is 6.32.